The summed E-state index contributed by atoms with van der Waals surface area (Å²) in [7, 11) is 0. The fourth-order valence-electron chi connectivity index (χ4n) is 1.45. The van der Waals surface area contributed by atoms with Gasteiger partial charge in [-0.2, -0.15) is 0 Å². The lowest BCUT2D eigenvalue weighted by Gasteiger charge is -2.20. The molecule has 11 heteroatoms. The van der Waals surface area contributed by atoms with E-state index in [1.54, 1.807) is 6.92 Å². The Kier molecular flexibility index (Phi) is 9.35. The zero-order chi connectivity index (χ0) is 18.0. The summed E-state index contributed by atoms with van der Waals surface area (Å²) in [6.45, 7) is 6.70. The molecule has 0 aromatic rings. The van der Waals surface area contributed by atoms with Gasteiger partial charge in [-0.25, -0.2) is 4.79 Å². The maximum absolute atomic E-state index is 11.4. The lowest BCUT2D eigenvalue weighted by molar-refractivity contribution is -0.798. The van der Waals surface area contributed by atoms with Gasteiger partial charge in [0.15, 0.2) is 0 Å². The third-order valence-corrected chi connectivity index (χ3v) is 3.07. The Bertz CT molecular complexity index is 402. The lowest BCUT2D eigenvalue weighted by Crippen LogP contribution is -2.33. The van der Waals surface area contributed by atoms with Crippen LogP contribution in [0.5, 0.6) is 0 Å². The molecule has 0 aliphatic carbocycles. The molecule has 0 saturated heterocycles. The van der Waals surface area contributed by atoms with E-state index in [0.29, 0.717) is 0 Å². The molecule has 0 aromatic carbocycles. The van der Waals surface area contributed by atoms with Crippen molar-refractivity contribution in [1.29, 1.82) is 0 Å². The van der Waals surface area contributed by atoms with E-state index in [1.165, 1.54) is 6.92 Å². The average molecular weight is 338 g/mol. The summed E-state index contributed by atoms with van der Waals surface area (Å²) >= 11 is 0. The number of rotatable bonds is 11. The molecule has 0 aromatic heterocycles. The summed E-state index contributed by atoms with van der Waals surface area (Å²) in [5.74, 6) is 0.139. The van der Waals surface area contributed by atoms with Gasteiger partial charge in [0.1, 0.15) is 18.3 Å². The molecule has 0 rings (SSSR count). The number of hydrogen-bond donors (Lipinski definition) is 0. The van der Waals surface area contributed by atoms with Gasteiger partial charge >= 0.3 is 6.16 Å². The van der Waals surface area contributed by atoms with Crippen LogP contribution in [0.3, 0.4) is 0 Å². The van der Waals surface area contributed by atoms with Crippen molar-refractivity contribution in [2.75, 3.05) is 6.61 Å². The quantitative estimate of drug-likeness (QED) is 0.240. The predicted octanol–water partition coefficient (Wildman–Crippen LogP) is 2.14. The Labute approximate surface area is 133 Å². The number of carbonyl (C=O) groups excluding carboxylic acids is 1. The Hall–Kier alpha value is -2.33. The fraction of sp³-hybridized carbons (Fsp3) is 0.917. The molecule has 134 valence electrons. The molecule has 0 saturated carbocycles. The first-order valence-corrected chi connectivity index (χ1v) is 7.09. The molecule has 0 amide bonds. The van der Waals surface area contributed by atoms with E-state index in [2.05, 4.69) is 9.68 Å². The van der Waals surface area contributed by atoms with Crippen molar-refractivity contribution in [3.8, 4) is 0 Å². The third-order valence-electron chi connectivity index (χ3n) is 3.07. The highest BCUT2D eigenvalue weighted by molar-refractivity contribution is 5.60. The van der Waals surface area contributed by atoms with Crippen LogP contribution in [-0.2, 0) is 19.1 Å². The molecule has 0 spiro atoms. The van der Waals surface area contributed by atoms with Crippen molar-refractivity contribution in [2.45, 2.75) is 58.8 Å². The monoisotopic (exact) mass is 338 g/mol. The second-order valence-electron chi connectivity index (χ2n) is 5.21. The minimum atomic E-state index is -1.15. The van der Waals surface area contributed by atoms with Gasteiger partial charge in [-0.05, 0) is 32.6 Å². The first kappa shape index (κ1) is 20.7. The highest BCUT2D eigenvalue weighted by Crippen LogP contribution is 2.12. The molecule has 0 aliphatic heterocycles. The van der Waals surface area contributed by atoms with Crippen molar-refractivity contribution >= 4 is 6.16 Å². The van der Waals surface area contributed by atoms with Crippen molar-refractivity contribution in [3.05, 3.63) is 20.2 Å². The van der Waals surface area contributed by atoms with E-state index in [1.807, 2.05) is 13.8 Å². The van der Waals surface area contributed by atoms with Gasteiger partial charge in [0.05, 0.1) is 6.61 Å². The van der Waals surface area contributed by atoms with Crippen molar-refractivity contribution in [2.24, 2.45) is 5.92 Å². The standard InChI is InChI=1S/C12H22N2O9/c1-8(2)9(3)21-12(15)20-7-5-6-11(23-14(18)19)10(4)22-13(16)17/h8-11H,5-7H2,1-4H3/t9?,10-,11-/m0/s1. The van der Waals surface area contributed by atoms with Crippen molar-refractivity contribution < 1.29 is 34.1 Å². The molecular formula is C12H22N2O9. The van der Waals surface area contributed by atoms with E-state index in [0.717, 1.165) is 0 Å². The SMILES string of the molecule is CC(C)C(C)OC(=O)OCCC[C@H](O[N+](=O)[O-])[C@H](C)O[N+](=O)[O-]. The zero-order valence-electron chi connectivity index (χ0n) is 13.5. The Morgan fingerprint density at radius 3 is 2.04 bits per heavy atom. The van der Waals surface area contributed by atoms with Crippen LogP contribution in [0.25, 0.3) is 0 Å². The first-order valence-electron chi connectivity index (χ1n) is 7.09. The van der Waals surface area contributed by atoms with Crippen molar-refractivity contribution in [3.63, 3.8) is 0 Å². The van der Waals surface area contributed by atoms with Crippen LogP contribution in [0, 0.1) is 26.1 Å². The molecule has 11 nitrogen and oxygen atoms in total. The molecule has 0 heterocycles. The van der Waals surface area contributed by atoms with Gasteiger partial charge in [0, 0.05) is 0 Å². The van der Waals surface area contributed by atoms with Gasteiger partial charge < -0.3 is 19.1 Å². The number of nitrogens with zero attached hydrogens (tertiary/aromatic N) is 2. The normalized spacial score (nSPS) is 14.5. The molecule has 0 bridgehead atoms. The third kappa shape index (κ3) is 10.1. The molecule has 0 N–H and O–H groups in total. The number of carbonyl (C=O) groups is 1. The van der Waals surface area contributed by atoms with Crippen LogP contribution in [0.1, 0.15) is 40.5 Å². The molecule has 1 unspecified atom stereocenters. The second kappa shape index (κ2) is 10.4. The summed E-state index contributed by atoms with van der Waals surface area (Å²) < 4.78 is 9.79. The summed E-state index contributed by atoms with van der Waals surface area (Å²) in [5.41, 5.74) is 0. The van der Waals surface area contributed by atoms with E-state index in [9.17, 15) is 25.0 Å². The summed E-state index contributed by atoms with van der Waals surface area (Å²) in [6.07, 6.45) is -3.21. The van der Waals surface area contributed by atoms with E-state index < -0.39 is 28.5 Å². The second-order valence-corrected chi connectivity index (χ2v) is 5.21. The van der Waals surface area contributed by atoms with Crippen LogP contribution in [0.15, 0.2) is 0 Å². The highest BCUT2D eigenvalue weighted by atomic mass is 17.0. The Morgan fingerprint density at radius 2 is 1.57 bits per heavy atom. The largest absolute Gasteiger partial charge is 0.508 e. The van der Waals surface area contributed by atoms with Crippen LogP contribution >= 0.6 is 0 Å². The molecule has 0 aliphatic rings. The predicted molar refractivity (Wildman–Crippen MR) is 75.4 cm³/mol. The van der Waals surface area contributed by atoms with Crippen LogP contribution < -0.4 is 0 Å². The first-order chi connectivity index (χ1) is 10.6. The summed E-state index contributed by atoms with van der Waals surface area (Å²) in [6, 6.07) is 0. The summed E-state index contributed by atoms with van der Waals surface area (Å²) in [4.78, 5) is 40.6. The Morgan fingerprint density at radius 1 is 1.00 bits per heavy atom. The van der Waals surface area contributed by atoms with Crippen LogP contribution in [0.4, 0.5) is 4.79 Å². The molecule has 3 atom stereocenters. The van der Waals surface area contributed by atoms with Crippen LogP contribution in [-0.4, -0.2) is 41.2 Å². The highest BCUT2D eigenvalue weighted by Gasteiger charge is 2.24. The number of hydrogen-bond acceptors (Lipinski definition) is 9. The smallest absolute Gasteiger partial charge is 0.434 e. The van der Waals surface area contributed by atoms with E-state index in [4.69, 9.17) is 9.47 Å². The van der Waals surface area contributed by atoms with Gasteiger partial charge in [0.25, 0.3) is 10.2 Å². The maximum atomic E-state index is 11.4. The molecular weight excluding hydrogens is 316 g/mol. The summed E-state index contributed by atoms with van der Waals surface area (Å²) in [5, 5.41) is 18.5. The molecule has 0 radical (unpaired) electrons. The maximum Gasteiger partial charge on any atom is 0.508 e. The van der Waals surface area contributed by atoms with Crippen LogP contribution in [0.2, 0.25) is 0 Å². The van der Waals surface area contributed by atoms with E-state index in [-0.39, 0.29) is 31.5 Å². The fourth-order valence-corrected chi connectivity index (χ4v) is 1.45. The van der Waals surface area contributed by atoms with Gasteiger partial charge in [0.2, 0.25) is 0 Å². The Balaban J connectivity index is 4.18. The molecule has 23 heavy (non-hydrogen) atoms. The van der Waals surface area contributed by atoms with Gasteiger partial charge in [-0.15, -0.1) is 20.2 Å². The van der Waals surface area contributed by atoms with Gasteiger partial charge in [-0.1, -0.05) is 13.8 Å². The topological polar surface area (TPSA) is 140 Å². The average Bonchev–Trinajstić information content (AvgIpc) is 2.40. The minimum Gasteiger partial charge on any atom is -0.434 e. The number of ether oxygens (including phenoxy) is 2. The molecule has 0 fully saturated rings. The minimum absolute atomic E-state index is 0.0308. The van der Waals surface area contributed by atoms with E-state index >= 15 is 0 Å². The van der Waals surface area contributed by atoms with Gasteiger partial charge in [-0.3, -0.25) is 0 Å². The van der Waals surface area contributed by atoms with Crippen molar-refractivity contribution in [1.82, 2.24) is 0 Å². The lowest BCUT2D eigenvalue weighted by atomic mass is 10.1. The zero-order valence-corrected chi connectivity index (χ0v) is 13.5.